The van der Waals surface area contributed by atoms with Crippen molar-refractivity contribution >= 4 is 29.7 Å². The van der Waals surface area contributed by atoms with Gasteiger partial charge >= 0.3 is 0 Å². The molecule has 0 radical (unpaired) electrons. The lowest BCUT2D eigenvalue weighted by molar-refractivity contribution is -0.129. The van der Waals surface area contributed by atoms with E-state index in [1.54, 1.807) is 17.6 Å². The van der Waals surface area contributed by atoms with Crippen LogP contribution in [-0.2, 0) is 16.1 Å². The molecule has 1 aliphatic heterocycles. The van der Waals surface area contributed by atoms with E-state index in [0.29, 0.717) is 31.3 Å². The molecule has 2 aromatic rings. The molecule has 1 fully saturated rings. The Kier molecular flexibility index (Phi) is 5.96. The maximum absolute atomic E-state index is 12.1. The van der Waals surface area contributed by atoms with Gasteiger partial charge in [0.15, 0.2) is 0 Å². The van der Waals surface area contributed by atoms with Gasteiger partial charge in [0.25, 0.3) is 0 Å². The standard InChI is InChI=1S/C14H17N3O3S.ClH/c1-9-12(15-4-5-19-9)13(18)16-7-10-8-20-14(17-10)11-3-2-6-21-11;/h2-3,6,8-9,12,15H,4-5,7H2,1H3,(H,16,18);1H/t9-,12+;/m1./s1. The molecule has 2 atom stereocenters. The molecule has 0 aliphatic carbocycles. The number of rotatable bonds is 4. The van der Waals surface area contributed by atoms with Crippen LogP contribution in [0.4, 0.5) is 0 Å². The van der Waals surface area contributed by atoms with Crippen molar-refractivity contribution in [2.24, 2.45) is 0 Å². The number of amides is 1. The van der Waals surface area contributed by atoms with Crippen LogP contribution in [0.1, 0.15) is 12.6 Å². The lowest BCUT2D eigenvalue weighted by Crippen LogP contribution is -2.55. The monoisotopic (exact) mass is 343 g/mol. The van der Waals surface area contributed by atoms with Gasteiger partial charge in [-0.05, 0) is 18.4 Å². The average Bonchev–Trinajstić information content (AvgIpc) is 3.16. The van der Waals surface area contributed by atoms with E-state index in [0.717, 1.165) is 4.88 Å². The second-order valence-corrected chi connectivity index (χ2v) is 5.79. The zero-order chi connectivity index (χ0) is 14.7. The molecule has 0 spiro atoms. The van der Waals surface area contributed by atoms with Gasteiger partial charge in [0.1, 0.15) is 12.3 Å². The lowest BCUT2D eigenvalue weighted by Gasteiger charge is -2.29. The molecule has 0 unspecified atom stereocenters. The highest BCUT2D eigenvalue weighted by molar-refractivity contribution is 7.13. The molecule has 0 bridgehead atoms. The van der Waals surface area contributed by atoms with E-state index in [-0.39, 0.29) is 30.5 Å². The minimum atomic E-state index is -0.317. The Labute approximate surface area is 138 Å². The molecule has 6 nitrogen and oxygen atoms in total. The van der Waals surface area contributed by atoms with Gasteiger partial charge in [-0.1, -0.05) is 6.07 Å². The number of nitrogens with one attached hydrogen (secondary N) is 2. The molecular formula is C14H18ClN3O3S. The number of oxazole rings is 1. The molecule has 3 rings (SSSR count). The number of carbonyl (C=O) groups is 1. The first-order chi connectivity index (χ1) is 10.2. The highest BCUT2D eigenvalue weighted by Gasteiger charge is 2.28. The smallest absolute Gasteiger partial charge is 0.240 e. The number of aromatic nitrogens is 1. The van der Waals surface area contributed by atoms with Crippen LogP contribution < -0.4 is 10.6 Å². The molecular weight excluding hydrogens is 326 g/mol. The molecule has 1 aliphatic rings. The fourth-order valence-electron chi connectivity index (χ4n) is 2.22. The van der Waals surface area contributed by atoms with Crippen molar-refractivity contribution in [3.8, 4) is 10.8 Å². The summed E-state index contributed by atoms with van der Waals surface area (Å²) >= 11 is 1.57. The summed E-state index contributed by atoms with van der Waals surface area (Å²) in [6.07, 6.45) is 1.45. The number of hydrogen-bond donors (Lipinski definition) is 2. The van der Waals surface area contributed by atoms with Crippen LogP contribution in [0.3, 0.4) is 0 Å². The summed E-state index contributed by atoms with van der Waals surface area (Å²) in [4.78, 5) is 17.4. The third-order valence-corrected chi connectivity index (χ3v) is 4.18. The van der Waals surface area contributed by atoms with Crippen LogP contribution in [0.25, 0.3) is 10.8 Å². The van der Waals surface area contributed by atoms with Crippen molar-refractivity contribution in [1.29, 1.82) is 0 Å². The number of hydrogen-bond acceptors (Lipinski definition) is 6. The highest BCUT2D eigenvalue weighted by atomic mass is 35.5. The molecule has 22 heavy (non-hydrogen) atoms. The van der Waals surface area contributed by atoms with E-state index in [9.17, 15) is 4.79 Å². The summed E-state index contributed by atoms with van der Waals surface area (Å²) in [5, 5.41) is 7.98. The largest absolute Gasteiger partial charge is 0.443 e. The number of nitrogens with zero attached hydrogens (tertiary/aromatic N) is 1. The number of halogens is 1. The molecule has 3 heterocycles. The van der Waals surface area contributed by atoms with Crippen LogP contribution >= 0.6 is 23.7 Å². The quantitative estimate of drug-likeness (QED) is 0.885. The molecule has 2 aromatic heterocycles. The molecule has 0 saturated carbocycles. The van der Waals surface area contributed by atoms with E-state index in [1.807, 2.05) is 24.4 Å². The fourth-order valence-corrected chi connectivity index (χ4v) is 2.87. The first kappa shape index (κ1) is 17.0. The van der Waals surface area contributed by atoms with Crippen molar-refractivity contribution < 1.29 is 13.9 Å². The van der Waals surface area contributed by atoms with Crippen LogP contribution in [0.15, 0.2) is 28.2 Å². The fraction of sp³-hybridized carbons (Fsp3) is 0.429. The maximum atomic E-state index is 12.1. The zero-order valence-corrected chi connectivity index (χ0v) is 13.7. The SMILES string of the molecule is C[C@H]1OCCN[C@@H]1C(=O)NCc1coc(-c2cccs2)n1.Cl. The number of thiophene rings is 1. The molecule has 120 valence electrons. The number of morpholine rings is 1. The predicted molar refractivity (Wildman–Crippen MR) is 86.1 cm³/mol. The van der Waals surface area contributed by atoms with E-state index in [4.69, 9.17) is 9.15 Å². The van der Waals surface area contributed by atoms with Crippen molar-refractivity contribution in [3.63, 3.8) is 0 Å². The van der Waals surface area contributed by atoms with Gasteiger partial charge in [-0.25, -0.2) is 4.98 Å². The molecule has 1 amide bonds. The van der Waals surface area contributed by atoms with E-state index in [2.05, 4.69) is 15.6 Å². The molecule has 1 saturated heterocycles. The lowest BCUT2D eigenvalue weighted by atomic mass is 10.1. The van der Waals surface area contributed by atoms with Gasteiger partial charge in [-0.2, -0.15) is 0 Å². The van der Waals surface area contributed by atoms with E-state index < -0.39 is 0 Å². The Morgan fingerprint density at radius 3 is 3.18 bits per heavy atom. The van der Waals surface area contributed by atoms with Gasteiger partial charge < -0.3 is 19.8 Å². The first-order valence-corrected chi connectivity index (χ1v) is 7.73. The molecule has 0 aromatic carbocycles. The van der Waals surface area contributed by atoms with Gasteiger partial charge in [-0.15, -0.1) is 23.7 Å². The van der Waals surface area contributed by atoms with E-state index >= 15 is 0 Å². The van der Waals surface area contributed by atoms with Gasteiger partial charge in [-0.3, -0.25) is 4.79 Å². The first-order valence-electron chi connectivity index (χ1n) is 6.85. The maximum Gasteiger partial charge on any atom is 0.240 e. The van der Waals surface area contributed by atoms with Gasteiger partial charge in [0.2, 0.25) is 11.8 Å². The summed E-state index contributed by atoms with van der Waals surface area (Å²) in [7, 11) is 0. The minimum Gasteiger partial charge on any atom is -0.443 e. The summed E-state index contributed by atoms with van der Waals surface area (Å²) in [6.45, 7) is 3.56. The Bertz CT molecular complexity index is 602. The summed E-state index contributed by atoms with van der Waals surface area (Å²) in [5.74, 6) is 0.504. The highest BCUT2D eigenvalue weighted by Crippen LogP contribution is 2.23. The third kappa shape index (κ3) is 3.86. The normalized spacial score (nSPS) is 21.1. The summed E-state index contributed by atoms with van der Waals surface area (Å²) in [5.41, 5.74) is 0.705. The van der Waals surface area contributed by atoms with Gasteiger partial charge in [0, 0.05) is 6.54 Å². The molecule has 8 heteroatoms. The van der Waals surface area contributed by atoms with E-state index in [1.165, 1.54) is 0 Å². The predicted octanol–water partition coefficient (Wildman–Crippen LogP) is 1.82. The van der Waals surface area contributed by atoms with Crippen LogP contribution in [-0.4, -0.2) is 36.2 Å². The second kappa shape index (κ2) is 7.73. The van der Waals surface area contributed by atoms with Crippen molar-refractivity contribution in [2.75, 3.05) is 13.2 Å². The molecule has 2 N–H and O–H groups in total. The topological polar surface area (TPSA) is 76.4 Å². The van der Waals surface area contributed by atoms with Crippen LogP contribution in [0.2, 0.25) is 0 Å². The number of ether oxygens (including phenoxy) is 1. The summed E-state index contributed by atoms with van der Waals surface area (Å²) < 4.78 is 10.9. The Morgan fingerprint density at radius 1 is 1.59 bits per heavy atom. The second-order valence-electron chi connectivity index (χ2n) is 4.85. The zero-order valence-electron chi connectivity index (χ0n) is 12.1. The van der Waals surface area contributed by atoms with Crippen LogP contribution in [0.5, 0.6) is 0 Å². The average molecular weight is 344 g/mol. The van der Waals surface area contributed by atoms with Gasteiger partial charge in [0.05, 0.1) is 29.8 Å². The Balaban J connectivity index is 0.00000176. The Morgan fingerprint density at radius 2 is 2.45 bits per heavy atom. The van der Waals surface area contributed by atoms with Crippen molar-refractivity contribution in [3.05, 3.63) is 29.5 Å². The van der Waals surface area contributed by atoms with Crippen LogP contribution in [0, 0.1) is 0 Å². The van der Waals surface area contributed by atoms with Crippen molar-refractivity contribution in [1.82, 2.24) is 15.6 Å². The Hall–Kier alpha value is -1.41. The number of carbonyl (C=O) groups excluding carboxylic acids is 1. The minimum absolute atomic E-state index is 0. The van der Waals surface area contributed by atoms with Crippen molar-refractivity contribution in [2.45, 2.75) is 25.6 Å². The third-order valence-electron chi connectivity index (χ3n) is 3.33. The summed E-state index contributed by atoms with van der Waals surface area (Å²) in [6, 6.07) is 3.58.